The topological polar surface area (TPSA) is 140 Å². The maximum atomic E-state index is 13.6. The quantitative estimate of drug-likeness (QED) is 0.107. The van der Waals surface area contributed by atoms with Crippen LogP contribution in [-0.4, -0.2) is 59.4 Å². The first kappa shape index (κ1) is 35.6. The average Bonchev–Trinajstić information content (AvgIpc) is 3.39. The largest absolute Gasteiger partial charge is 0.433 e. The van der Waals surface area contributed by atoms with Crippen LogP contribution in [0.4, 0.5) is 10.5 Å². The van der Waals surface area contributed by atoms with Crippen molar-refractivity contribution in [2.24, 2.45) is 0 Å². The highest BCUT2D eigenvalue weighted by Crippen LogP contribution is 2.31. The highest BCUT2D eigenvalue weighted by molar-refractivity contribution is 7.91. The Morgan fingerprint density at radius 2 is 1.61 bits per heavy atom. The molecule has 2 aromatic rings. The fourth-order valence-electron chi connectivity index (χ4n) is 5.04. The molecule has 1 aromatic carbocycles. The number of imide groups is 1. The number of halogens is 1. The summed E-state index contributed by atoms with van der Waals surface area (Å²) in [6, 6.07) is 1.97. The molecule has 3 amide bonds. The maximum Gasteiger partial charge on any atom is 0.418 e. The van der Waals surface area contributed by atoms with Gasteiger partial charge in [-0.15, -0.1) is 11.3 Å². The van der Waals surface area contributed by atoms with Crippen molar-refractivity contribution < 1.29 is 32.3 Å². The first-order valence-electron chi connectivity index (χ1n) is 15.1. The molecule has 242 valence electrons. The number of sulfone groups is 1. The molecule has 0 bridgehead atoms. The number of nitrogens with one attached hydrogen (secondary N) is 1. The Labute approximate surface area is 268 Å². The monoisotopic (exact) mass is 667 g/mol. The number of unbranched alkanes of at least 4 members (excludes halogenated alkanes) is 9. The number of amides is 3. The van der Waals surface area contributed by atoms with E-state index < -0.39 is 45.2 Å². The third-order valence-electron chi connectivity index (χ3n) is 7.49. The summed E-state index contributed by atoms with van der Waals surface area (Å²) in [5, 5.41) is 2.98. The lowest BCUT2D eigenvalue weighted by atomic mass is 10.0. The van der Waals surface area contributed by atoms with Gasteiger partial charge in [-0.3, -0.25) is 14.4 Å². The van der Waals surface area contributed by atoms with E-state index in [0.717, 1.165) is 19.3 Å². The molecule has 0 radical (unpaired) electrons. The zero-order valence-corrected chi connectivity index (χ0v) is 28.4. The number of hydrogen-bond acceptors (Lipinski definition) is 9. The van der Waals surface area contributed by atoms with Crippen molar-refractivity contribution in [1.82, 2.24) is 9.88 Å². The van der Waals surface area contributed by atoms with E-state index in [9.17, 15) is 27.6 Å². The van der Waals surface area contributed by atoms with Crippen molar-refractivity contribution >= 4 is 62.2 Å². The van der Waals surface area contributed by atoms with Gasteiger partial charge in [-0.2, -0.15) is 0 Å². The lowest BCUT2D eigenvalue weighted by Crippen LogP contribution is -2.53. The number of ketones is 1. The molecule has 3 rings (SSSR count). The molecule has 1 fully saturated rings. The SMILES string of the molecule is CCCCCCCCCCCCS(=O)(=O)c1ccc(NC(=O)C(C(=O)c2nc(C)sc2C)N2C(=O)OC(C)(C)C2=O)c(Cl)c1. The molecular formula is C31H42ClN3O7S2. The third-order valence-corrected chi connectivity index (χ3v) is 10.5. The lowest BCUT2D eigenvalue weighted by molar-refractivity contribution is -0.137. The molecule has 1 aliphatic rings. The Morgan fingerprint density at radius 3 is 2.11 bits per heavy atom. The molecule has 1 aliphatic heterocycles. The number of carbonyl (C=O) groups excluding carboxylic acids is 4. The normalized spacial score (nSPS) is 15.4. The van der Waals surface area contributed by atoms with Crippen LogP contribution in [0, 0.1) is 13.8 Å². The summed E-state index contributed by atoms with van der Waals surface area (Å²) in [4.78, 5) is 58.1. The molecular weight excluding hydrogens is 626 g/mol. The molecule has 10 nitrogen and oxygen atoms in total. The number of benzene rings is 1. The van der Waals surface area contributed by atoms with Crippen LogP contribution < -0.4 is 5.32 Å². The highest BCUT2D eigenvalue weighted by atomic mass is 35.5. The fraction of sp³-hybridized carbons (Fsp3) is 0.581. The van der Waals surface area contributed by atoms with Gasteiger partial charge in [0.05, 0.1) is 26.4 Å². The van der Waals surface area contributed by atoms with Crippen molar-refractivity contribution in [1.29, 1.82) is 0 Å². The van der Waals surface area contributed by atoms with E-state index in [1.165, 1.54) is 81.9 Å². The van der Waals surface area contributed by atoms with E-state index in [1.807, 2.05) is 0 Å². The van der Waals surface area contributed by atoms with Crippen molar-refractivity contribution in [2.75, 3.05) is 11.1 Å². The summed E-state index contributed by atoms with van der Waals surface area (Å²) >= 11 is 7.62. The van der Waals surface area contributed by atoms with Gasteiger partial charge >= 0.3 is 6.09 Å². The summed E-state index contributed by atoms with van der Waals surface area (Å²) in [5.74, 6) is -2.77. The fourth-order valence-corrected chi connectivity index (χ4v) is 7.54. The Hall–Kier alpha value is -2.83. The van der Waals surface area contributed by atoms with Crippen LogP contribution in [0.15, 0.2) is 23.1 Å². The first-order valence-corrected chi connectivity index (χ1v) is 17.9. The molecule has 0 saturated carbocycles. The van der Waals surface area contributed by atoms with Crippen molar-refractivity contribution in [3.05, 3.63) is 38.8 Å². The summed E-state index contributed by atoms with van der Waals surface area (Å²) in [6.07, 6.45) is 9.70. The molecule has 44 heavy (non-hydrogen) atoms. The molecule has 1 N–H and O–H groups in total. The standard InChI is InChI=1S/C31H42ClN3O7S2/c1-6-7-8-9-10-11-12-13-14-15-18-44(40,41)22-16-17-24(23(32)19-22)34-28(37)26(27(36)25-20(2)43-21(3)33-25)35-29(38)31(4,5)42-30(35)39/h16-17,19,26H,6-15,18H2,1-5H3,(H,34,37). The minimum absolute atomic E-state index is 0.0117. The van der Waals surface area contributed by atoms with E-state index in [0.29, 0.717) is 21.2 Å². The zero-order chi connectivity index (χ0) is 32.7. The van der Waals surface area contributed by atoms with Crippen molar-refractivity contribution in [3.8, 4) is 0 Å². The molecule has 0 aliphatic carbocycles. The summed E-state index contributed by atoms with van der Waals surface area (Å²) < 4.78 is 31.0. The van der Waals surface area contributed by atoms with Crippen LogP contribution in [0.3, 0.4) is 0 Å². The Bertz CT molecular complexity index is 1490. The van der Waals surface area contributed by atoms with Crippen molar-refractivity contribution in [3.63, 3.8) is 0 Å². The predicted octanol–water partition coefficient (Wildman–Crippen LogP) is 7.06. The number of anilines is 1. The minimum atomic E-state index is -3.62. The lowest BCUT2D eigenvalue weighted by Gasteiger charge is -2.23. The van der Waals surface area contributed by atoms with Crippen LogP contribution in [0.25, 0.3) is 0 Å². The van der Waals surface area contributed by atoms with Gasteiger partial charge < -0.3 is 10.1 Å². The van der Waals surface area contributed by atoms with Gasteiger partial charge in [0.25, 0.3) is 11.8 Å². The Morgan fingerprint density at radius 1 is 1.02 bits per heavy atom. The van der Waals surface area contributed by atoms with E-state index >= 15 is 0 Å². The van der Waals surface area contributed by atoms with Crippen molar-refractivity contribution in [2.45, 2.75) is 115 Å². The number of aromatic nitrogens is 1. The molecule has 0 spiro atoms. The summed E-state index contributed by atoms with van der Waals surface area (Å²) in [7, 11) is -3.62. The second kappa shape index (κ2) is 15.4. The van der Waals surface area contributed by atoms with Gasteiger partial charge in [0.1, 0.15) is 5.69 Å². The number of hydrogen-bond donors (Lipinski definition) is 1. The van der Waals surface area contributed by atoms with E-state index in [1.54, 1.807) is 13.8 Å². The van der Waals surface area contributed by atoms with E-state index in [4.69, 9.17) is 16.3 Å². The first-order chi connectivity index (χ1) is 20.7. The van der Waals surface area contributed by atoms with Gasteiger partial charge in [0, 0.05) is 4.88 Å². The number of aryl methyl sites for hydroxylation is 2. The van der Waals surface area contributed by atoms with Crippen LogP contribution >= 0.6 is 22.9 Å². The third kappa shape index (κ3) is 8.88. The number of nitrogens with zero attached hydrogens (tertiary/aromatic N) is 2. The Kier molecular flexibility index (Phi) is 12.5. The van der Waals surface area contributed by atoms with Gasteiger partial charge in [-0.25, -0.2) is 23.1 Å². The number of ether oxygens (including phenoxy) is 1. The zero-order valence-electron chi connectivity index (χ0n) is 26.0. The van der Waals surface area contributed by atoms with Crippen LogP contribution in [-0.2, 0) is 24.2 Å². The average molecular weight is 668 g/mol. The summed E-state index contributed by atoms with van der Waals surface area (Å²) in [6.45, 7) is 8.24. The molecule has 1 aromatic heterocycles. The molecule has 1 unspecified atom stereocenters. The van der Waals surface area contributed by atoms with Crippen LogP contribution in [0.1, 0.15) is 105 Å². The molecule has 2 heterocycles. The van der Waals surface area contributed by atoms with Gasteiger partial charge in [-0.1, -0.05) is 76.3 Å². The molecule has 1 saturated heterocycles. The predicted molar refractivity (Wildman–Crippen MR) is 171 cm³/mol. The molecule has 1 atom stereocenters. The second-order valence-corrected chi connectivity index (χ2v) is 15.5. The number of carbonyl (C=O) groups is 4. The minimum Gasteiger partial charge on any atom is -0.433 e. The van der Waals surface area contributed by atoms with Crippen LogP contribution in [0.5, 0.6) is 0 Å². The van der Waals surface area contributed by atoms with E-state index in [2.05, 4.69) is 17.2 Å². The number of cyclic esters (lactones) is 1. The van der Waals surface area contributed by atoms with Gasteiger partial charge in [-0.05, 0) is 52.3 Å². The number of Topliss-reactive ketones (excluding diaryl/α,β-unsaturated/α-hetero) is 1. The molecule has 13 heteroatoms. The maximum absolute atomic E-state index is 13.6. The second-order valence-electron chi connectivity index (χ2n) is 11.6. The summed E-state index contributed by atoms with van der Waals surface area (Å²) in [5.41, 5.74) is -1.61. The number of thiazole rings is 1. The van der Waals surface area contributed by atoms with E-state index in [-0.39, 0.29) is 27.1 Å². The number of rotatable bonds is 17. The highest BCUT2D eigenvalue weighted by Gasteiger charge is 2.54. The van der Waals surface area contributed by atoms with Gasteiger partial charge in [0.2, 0.25) is 5.78 Å². The Balaban J connectivity index is 1.69. The van der Waals surface area contributed by atoms with Crippen LogP contribution in [0.2, 0.25) is 5.02 Å². The smallest absolute Gasteiger partial charge is 0.418 e. The van der Waals surface area contributed by atoms with Gasteiger partial charge in [0.15, 0.2) is 21.5 Å².